The van der Waals surface area contributed by atoms with Crippen LogP contribution >= 0.6 is 0 Å². The first-order valence-electron chi connectivity index (χ1n) is 21.0. The lowest BCUT2D eigenvalue weighted by atomic mass is 10.1. The van der Waals surface area contributed by atoms with E-state index in [0.29, 0.717) is 13.0 Å². The molecule has 16 heteroatoms. The van der Waals surface area contributed by atoms with E-state index in [2.05, 4.69) is 49.5 Å². The number of nitrogens with zero attached hydrogens (tertiary/aromatic N) is 1. The van der Waals surface area contributed by atoms with Crippen molar-refractivity contribution in [1.29, 1.82) is 0 Å². The van der Waals surface area contributed by atoms with Crippen LogP contribution in [0, 0.1) is 0 Å². The van der Waals surface area contributed by atoms with Gasteiger partial charge in [-0.25, -0.2) is 4.79 Å². The van der Waals surface area contributed by atoms with Gasteiger partial charge in [0.05, 0.1) is 29.3 Å². The summed E-state index contributed by atoms with van der Waals surface area (Å²) in [5, 5.41) is 6.30. The Balaban J connectivity index is 1.79. The van der Waals surface area contributed by atoms with Gasteiger partial charge in [-0.05, 0) is 119 Å². The smallest absolute Gasteiger partial charge is 0.457 e. The van der Waals surface area contributed by atoms with Gasteiger partial charge in [-0.1, -0.05) is 40.5 Å². The van der Waals surface area contributed by atoms with Crippen LogP contribution in [0.15, 0.2) is 21.9 Å². The van der Waals surface area contributed by atoms with E-state index in [1.54, 1.807) is 0 Å². The molecule has 3 N–H and O–H groups in total. The highest BCUT2D eigenvalue weighted by atomic mass is 28.4. The molecule has 2 rings (SSSR count). The minimum atomic E-state index is -2.99. The first kappa shape index (κ1) is 51.0. The summed E-state index contributed by atoms with van der Waals surface area (Å²) in [6.45, 7) is 33.0. The summed E-state index contributed by atoms with van der Waals surface area (Å²) in [7, 11) is -5.43. The van der Waals surface area contributed by atoms with Gasteiger partial charge in [-0.2, -0.15) is 0 Å². The summed E-state index contributed by atoms with van der Waals surface area (Å²) >= 11 is 0. The van der Waals surface area contributed by atoms with Gasteiger partial charge in [0.15, 0.2) is 20.6 Å². The molecular weight excluding hydrogens is 765 g/mol. The van der Waals surface area contributed by atoms with Gasteiger partial charge in [0, 0.05) is 31.3 Å². The van der Waals surface area contributed by atoms with E-state index in [1.165, 1.54) is 16.8 Å². The molecule has 57 heavy (non-hydrogen) atoms. The molecule has 1 aromatic heterocycles. The number of aromatic amines is 1. The van der Waals surface area contributed by atoms with Gasteiger partial charge in [0.25, 0.3) is 5.56 Å². The molecular formula is C41H78N4O10Si2. The summed E-state index contributed by atoms with van der Waals surface area (Å²) in [5.41, 5.74) is -2.33. The van der Waals surface area contributed by atoms with Crippen molar-refractivity contribution in [2.45, 2.75) is 207 Å². The van der Waals surface area contributed by atoms with Crippen LogP contribution < -0.4 is 21.9 Å². The topological polar surface area (TPSA) is 168 Å². The molecule has 0 spiro atoms. The van der Waals surface area contributed by atoms with Crippen LogP contribution in [0.4, 0.5) is 0 Å². The number of nitrogens with one attached hydrogen (secondary N) is 3. The molecule has 0 bridgehead atoms. The SMILES string of the molecule is CC[C@H]1O[C@@H](n2ccc(=O)[nH]c2=O)[C@@H](O[Si](C)(C)C(C)(C)C)C1OC(=O)CCC(=O)NCCCCCCNCCC[Si](OC(C)(C)C)(OC(C)(C)C)OC(C)(C)C. The highest BCUT2D eigenvalue weighted by molar-refractivity contribution is 6.74. The Bertz CT molecular complexity index is 1480. The number of H-pyrrole nitrogens is 1. The predicted octanol–water partition coefficient (Wildman–Crippen LogP) is 6.97. The van der Waals surface area contributed by atoms with Crippen LogP contribution in [-0.4, -0.2) is 93.3 Å². The highest BCUT2D eigenvalue weighted by Gasteiger charge is 2.53. The van der Waals surface area contributed by atoms with Crippen LogP contribution in [-0.2, 0) is 36.8 Å². The summed E-state index contributed by atoms with van der Waals surface area (Å²) in [6, 6.07) is 1.97. The molecule has 4 atom stereocenters. The molecule has 14 nitrogen and oxygen atoms in total. The standard InChI is InChI=1S/C41H78N4O10Si2/c1-16-30-34(35(52-56(14,15)41(11,12)13)36(50-30)45-28-24-32(47)44-37(45)49)51-33(48)23-22-31(46)43-27-20-18-17-19-25-42-26-21-29-57(53-38(2,3)4,54-39(5,6)7)55-40(8,9)10/h24,28,30,34-36,42H,16-23,25-27,29H2,1-15H3,(H,43,46)(H,44,47,49)/t30-,34?,35+,36-/m1/s1. The Kier molecular flexibility index (Phi) is 19.1. The lowest BCUT2D eigenvalue weighted by Gasteiger charge is -2.43. The average molecular weight is 843 g/mol. The van der Waals surface area contributed by atoms with Crippen molar-refractivity contribution in [2.75, 3.05) is 19.6 Å². The molecule has 1 amide bonds. The third-order valence-corrected chi connectivity index (χ3v) is 17.9. The van der Waals surface area contributed by atoms with Crippen molar-refractivity contribution < 1.29 is 36.8 Å². The van der Waals surface area contributed by atoms with E-state index in [4.69, 9.17) is 27.2 Å². The van der Waals surface area contributed by atoms with Crippen LogP contribution in [0.3, 0.4) is 0 Å². The fraction of sp³-hybridized carbons (Fsp3) is 0.854. The van der Waals surface area contributed by atoms with E-state index in [-0.39, 0.29) is 40.6 Å². The second-order valence-corrected chi connectivity index (χ2v) is 27.0. The molecule has 0 radical (unpaired) electrons. The second-order valence-electron chi connectivity index (χ2n) is 19.7. The molecule has 1 aliphatic rings. The lowest BCUT2D eigenvalue weighted by molar-refractivity contribution is -0.156. The maximum atomic E-state index is 13.1. The first-order valence-corrected chi connectivity index (χ1v) is 25.8. The van der Waals surface area contributed by atoms with Gasteiger partial charge < -0.3 is 37.8 Å². The van der Waals surface area contributed by atoms with Gasteiger partial charge >= 0.3 is 20.5 Å². The molecule has 0 saturated carbocycles. The van der Waals surface area contributed by atoms with E-state index in [9.17, 15) is 19.2 Å². The predicted molar refractivity (Wildman–Crippen MR) is 229 cm³/mol. The zero-order valence-electron chi connectivity index (χ0n) is 38.0. The van der Waals surface area contributed by atoms with Crippen LogP contribution in [0.1, 0.15) is 148 Å². The largest absolute Gasteiger partial charge is 0.502 e. The Hall–Kier alpha value is -2.19. The maximum Gasteiger partial charge on any atom is 0.502 e. The number of esters is 1. The average Bonchev–Trinajstić information content (AvgIpc) is 3.34. The number of ether oxygens (including phenoxy) is 2. The minimum absolute atomic E-state index is 0.00376. The third-order valence-electron chi connectivity index (χ3n) is 9.70. The number of aromatic nitrogens is 2. The monoisotopic (exact) mass is 843 g/mol. The lowest BCUT2D eigenvalue weighted by Crippen LogP contribution is -2.57. The minimum Gasteiger partial charge on any atom is -0.457 e. The molecule has 1 unspecified atom stereocenters. The molecule has 1 fully saturated rings. The summed E-state index contributed by atoms with van der Waals surface area (Å²) in [4.78, 5) is 52.6. The van der Waals surface area contributed by atoms with Crippen molar-refractivity contribution in [3.05, 3.63) is 33.1 Å². The van der Waals surface area contributed by atoms with Gasteiger partial charge in [-0.15, -0.1) is 0 Å². The third kappa shape index (κ3) is 18.3. The Morgan fingerprint density at radius 3 is 1.84 bits per heavy atom. The normalized spacial score (nSPS) is 19.8. The molecule has 2 heterocycles. The zero-order valence-corrected chi connectivity index (χ0v) is 40.0. The number of carbonyl (C=O) groups is 2. The summed E-state index contributed by atoms with van der Waals surface area (Å²) in [5.74, 6) is -0.753. The van der Waals surface area contributed by atoms with E-state index >= 15 is 0 Å². The molecule has 1 aliphatic heterocycles. The van der Waals surface area contributed by atoms with E-state index < -0.39 is 58.9 Å². The number of unbranched alkanes of at least 4 members (excludes halogenated alkanes) is 3. The Morgan fingerprint density at radius 2 is 1.33 bits per heavy atom. The second kappa shape index (κ2) is 21.4. The fourth-order valence-electron chi connectivity index (χ4n) is 6.31. The van der Waals surface area contributed by atoms with Gasteiger partial charge in [0.1, 0.15) is 6.10 Å². The Morgan fingerprint density at radius 1 is 0.789 bits per heavy atom. The van der Waals surface area contributed by atoms with E-state index in [0.717, 1.165) is 51.2 Å². The number of amides is 1. The molecule has 0 aromatic carbocycles. The number of hydrogen-bond acceptors (Lipinski definition) is 11. The van der Waals surface area contributed by atoms with Crippen LogP contribution in [0.2, 0.25) is 24.2 Å². The van der Waals surface area contributed by atoms with Crippen molar-refractivity contribution in [3.63, 3.8) is 0 Å². The fourth-order valence-corrected chi connectivity index (χ4v) is 11.4. The zero-order chi connectivity index (χ0) is 43.5. The maximum absolute atomic E-state index is 13.1. The summed E-state index contributed by atoms with van der Waals surface area (Å²) < 4.78 is 40.0. The molecule has 0 aliphatic carbocycles. The summed E-state index contributed by atoms with van der Waals surface area (Å²) in [6.07, 6.45) is 3.48. The number of hydrogen-bond donors (Lipinski definition) is 3. The van der Waals surface area contributed by atoms with Crippen molar-refractivity contribution in [2.24, 2.45) is 0 Å². The number of carbonyl (C=O) groups excluding carboxylic acids is 2. The molecule has 1 saturated heterocycles. The Labute approximate surface area is 344 Å². The van der Waals surface area contributed by atoms with Gasteiger partial charge in [0.2, 0.25) is 5.91 Å². The van der Waals surface area contributed by atoms with Gasteiger partial charge in [-0.3, -0.25) is 23.9 Å². The van der Waals surface area contributed by atoms with Crippen LogP contribution in [0.5, 0.6) is 0 Å². The van der Waals surface area contributed by atoms with Crippen molar-refractivity contribution in [1.82, 2.24) is 20.2 Å². The quantitative estimate of drug-likeness (QED) is 0.0627. The highest BCUT2D eigenvalue weighted by Crippen LogP contribution is 2.43. The van der Waals surface area contributed by atoms with Crippen LogP contribution in [0.25, 0.3) is 0 Å². The molecule has 1 aromatic rings. The van der Waals surface area contributed by atoms with Crippen molar-refractivity contribution in [3.8, 4) is 0 Å². The van der Waals surface area contributed by atoms with Crippen molar-refractivity contribution >= 4 is 29.0 Å². The number of rotatable bonds is 22. The first-order chi connectivity index (χ1) is 26.1. The molecule has 330 valence electrons. The van der Waals surface area contributed by atoms with E-state index in [1.807, 2.05) is 69.2 Å².